The number of methoxy groups -OCH3 is 1. The zero-order valence-electron chi connectivity index (χ0n) is 11.0. The number of ether oxygens (including phenoxy) is 1. The standard InChI is InChI=1S/C15H14FN3O/c1-20-12-7-3-5-10(16)13(12)15-18-11-6-2-4-9(8-17)14(11)19-15/h2-7H,8,17H2,1H3,(H,18,19). The fraction of sp³-hybridized carbons (Fsp3) is 0.133. The largest absolute Gasteiger partial charge is 0.496 e. The molecular weight excluding hydrogens is 257 g/mol. The number of nitrogens with one attached hydrogen (secondary N) is 1. The number of hydrogen-bond acceptors (Lipinski definition) is 3. The Bertz CT molecular complexity index is 767. The van der Waals surface area contributed by atoms with Gasteiger partial charge in [0.25, 0.3) is 0 Å². The molecule has 0 amide bonds. The van der Waals surface area contributed by atoms with Crippen LogP contribution in [0.1, 0.15) is 5.56 Å². The predicted molar refractivity (Wildman–Crippen MR) is 75.9 cm³/mol. The minimum Gasteiger partial charge on any atom is -0.496 e. The van der Waals surface area contributed by atoms with Crippen molar-refractivity contribution in [1.29, 1.82) is 0 Å². The number of imidazole rings is 1. The lowest BCUT2D eigenvalue weighted by molar-refractivity contribution is 0.413. The fourth-order valence-corrected chi connectivity index (χ4v) is 2.28. The number of halogens is 1. The first kappa shape index (κ1) is 12.6. The van der Waals surface area contributed by atoms with E-state index in [0.717, 1.165) is 16.6 Å². The Morgan fingerprint density at radius 3 is 2.80 bits per heavy atom. The van der Waals surface area contributed by atoms with Crippen LogP contribution in [0.15, 0.2) is 36.4 Å². The molecule has 102 valence electrons. The van der Waals surface area contributed by atoms with E-state index in [0.29, 0.717) is 23.7 Å². The van der Waals surface area contributed by atoms with E-state index in [-0.39, 0.29) is 5.82 Å². The van der Waals surface area contributed by atoms with Crippen LogP contribution in [0.3, 0.4) is 0 Å². The van der Waals surface area contributed by atoms with Gasteiger partial charge in [0.1, 0.15) is 17.4 Å². The van der Waals surface area contributed by atoms with E-state index in [9.17, 15) is 4.39 Å². The average molecular weight is 271 g/mol. The van der Waals surface area contributed by atoms with Gasteiger partial charge >= 0.3 is 0 Å². The molecule has 0 saturated carbocycles. The number of aromatic amines is 1. The molecule has 5 heteroatoms. The molecule has 0 unspecified atom stereocenters. The summed E-state index contributed by atoms with van der Waals surface area (Å²) in [4.78, 5) is 7.58. The summed E-state index contributed by atoms with van der Waals surface area (Å²) in [6, 6.07) is 10.4. The van der Waals surface area contributed by atoms with Gasteiger partial charge in [0, 0.05) is 6.54 Å². The number of fused-ring (bicyclic) bond motifs is 1. The number of nitrogens with two attached hydrogens (primary N) is 1. The molecule has 1 aromatic heterocycles. The second-order valence-electron chi connectivity index (χ2n) is 4.42. The summed E-state index contributed by atoms with van der Waals surface area (Å²) in [6.07, 6.45) is 0. The lowest BCUT2D eigenvalue weighted by atomic mass is 10.2. The van der Waals surface area contributed by atoms with Crippen molar-refractivity contribution < 1.29 is 9.13 Å². The highest BCUT2D eigenvalue weighted by molar-refractivity contribution is 5.83. The molecule has 0 aliphatic carbocycles. The number of nitrogens with zero attached hydrogens (tertiary/aromatic N) is 1. The van der Waals surface area contributed by atoms with E-state index in [1.54, 1.807) is 12.1 Å². The predicted octanol–water partition coefficient (Wildman–Crippen LogP) is 2.84. The first-order valence-electron chi connectivity index (χ1n) is 6.25. The fourth-order valence-electron chi connectivity index (χ4n) is 2.28. The maximum atomic E-state index is 14.1. The first-order chi connectivity index (χ1) is 9.74. The molecule has 3 aromatic rings. The van der Waals surface area contributed by atoms with E-state index in [2.05, 4.69) is 9.97 Å². The van der Waals surface area contributed by atoms with Crippen LogP contribution in [-0.2, 0) is 6.54 Å². The van der Waals surface area contributed by atoms with Crippen molar-refractivity contribution in [1.82, 2.24) is 9.97 Å². The highest BCUT2D eigenvalue weighted by Crippen LogP contribution is 2.32. The Labute approximate surface area is 115 Å². The minimum atomic E-state index is -0.377. The quantitative estimate of drug-likeness (QED) is 0.770. The molecule has 0 radical (unpaired) electrons. The summed E-state index contributed by atoms with van der Waals surface area (Å²) < 4.78 is 19.3. The third-order valence-corrected chi connectivity index (χ3v) is 3.25. The summed E-state index contributed by atoms with van der Waals surface area (Å²) in [6.45, 7) is 0.385. The van der Waals surface area contributed by atoms with Gasteiger partial charge in [-0.05, 0) is 23.8 Å². The Morgan fingerprint density at radius 2 is 2.05 bits per heavy atom. The maximum absolute atomic E-state index is 14.1. The van der Waals surface area contributed by atoms with Crippen LogP contribution in [-0.4, -0.2) is 17.1 Å². The summed E-state index contributed by atoms with van der Waals surface area (Å²) in [5.74, 6) is 0.506. The molecule has 0 aliphatic rings. The molecule has 0 bridgehead atoms. The van der Waals surface area contributed by atoms with Crippen LogP contribution in [0, 0.1) is 5.82 Å². The van der Waals surface area contributed by atoms with Gasteiger partial charge in [-0.15, -0.1) is 0 Å². The highest BCUT2D eigenvalue weighted by atomic mass is 19.1. The third kappa shape index (κ3) is 1.92. The van der Waals surface area contributed by atoms with Crippen LogP contribution in [0.2, 0.25) is 0 Å². The number of H-pyrrole nitrogens is 1. The monoisotopic (exact) mass is 271 g/mol. The van der Waals surface area contributed by atoms with Gasteiger partial charge in [-0.3, -0.25) is 0 Å². The molecule has 3 rings (SSSR count). The van der Waals surface area contributed by atoms with Crippen LogP contribution in [0.5, 0.6) is 5.75 Å². The van der Waals surface area contributed by atoms with Crippen molar-refractivity contribution in [2.45, 2.75) is 6.54 Å². The number of benzene rings is 2. The smallest absolute Gasteiger partial charge is 0.145 e. The lowest BCUT2D eigenvalue weighted by Gasteiger charge is -2.06. The Hall–Kier alpha value is -2.40. The normalized spacial score (nSPS) is 10.9. The van der Waals surface area contributed by atoms with E-state index in [1.807, 2.05) is 18.2 Å². The Morgan fingerprint density at radius 1 is 1.25 bits per heavy atom. The molecular formula is C15H14FN3O. The topological polar surface area (TPSA) is 63.9 Å². The summed E-state index contributed by atoms with van der Waals surface area (Å²) in [5.41, 5.74) is 8.53. The van der Waals surface area contributed by atoms with E-state index >= 15 is 0 Å². The molecule has 4 nitrogen and oxygen atoms in total. The molecule has 0 atom stereocenters. The SMILES string of the molecule is COc1cccc(F)c1-c1nc2c(CN)cccc2[nH]1. The maximum Gasteiger partial charge on any atom is 0.145 e. The second-order valence-corrected chi connectivity index (χ2v) is 4.42. The van der Waals surface area contributed by atoms with E-state index in [1.165, 1.54) is 13.2 Å². The van der Waals surface area contributed by atoms with Crippen molar-refractivity contribution in [3.63, 3.8) is 0 Å². The number of hydrogen-bond donors (Lipinski definition) is 2. The number of aromatic nitrogens is 2. The van der Waals surface area contributed by atoms with Crippen molar-refractivity contribution in [3.8, 4) is 17.1 Å². The van der Waals surface area contributed by atoms with Gasteiger partial charge in [0.2, 0.25) is 0 Å². The lowest BCUT2D eigenvalue weighted by Crippen LogP contribution is -1.96. The third-order valence-electron chi connectivity index (χ3n) is 3.25. The van der Waals surface area contributed by atoms with Crippen LogP contribution < -0.4 is 10.5 Å². The van der Waals surface area contributed by atoms with Gasteiger partial charge in [0.15, 0.2) is 0 Å². The van der Waals surface area contributed by atoms with Crippen LogP contribution in [0.4, 0.5) is 4.39 Å². The summed E-state index contributed by atoms with van der Waals surface area (Å²) in [7, 11) is 1.51. The number of para-hydroxylation sites is 1. The Kier molecular flexibility index (Phi) is 3.12. The van der Waals surface area contributed by atoms with Gasteiger partial charge < -0.3 is 15.5 Å². The molecule has 3 N–H and O–H groups in total. The molecule has 0 spiro atoms. The van der Waals surface area contributed by atoms with Gasteiger partial charge in [-0.25, -0.2) is 9.37 Å². The highest BCUT2D eigenvalue weighted by Gasteiger charge is 2.16. The van der Waals surface area contributed by atoms with Crippen molar-refractivity contribution in [3.05, 3.63) is 47.8 Å². The zero-order valence-corrected chi connectivity index (χ0v) is 11.0. The minimum absolute atomic E-state index is 0.328. The van der Waals surface area contributed by atoms with Crippen molar-refractivity contribution in [2.24, 2.45) is 5.73 Å². The molecule has 0 fully saturated rings. The van der Waals surface area contributed by atoms with Crippen LogP contribution >= 0.6 is 0 Å². The summed E-state index contributed by atoms with van der Waals surface area (Å²) in [5, 5.41) is 0. The zero-order chi connectivity index (χ0) is 14.1. The molecule has 2 aromatic carbocycles. The van der Waals surface area contributed by atoms with Crippen LogP contribution in [0.25, 0.3) is 22.4 Å². The number of rotatable bonds is 3. The molecule has 20 heavy (non-hydrogen) atoms. The second kappa shape index (κ2) is 4.94. The van der Waals surface area contributed by atoms with E-state index in [4.69, 9.17) is 10.5 Å². The Balaban J connectivity index is 2.26. The molecule has 0 aliphatic heterocycles. The van der Waals surface area contributed by atoms with Gasteiger partial charge in [0.05, 0.1) is 23.7 Å². The first-order valence-corrected chi connectivity index (χ1v) is 6.25. The molecule has 1 heterocycles. The summed E-state index contributed by atoms with van der Waals surface area (Å²) >= 11 is 0. The van der Waals surface area contributed by atoms with Gasteiger partial charge in [-0.2, -0.15) is 0 Å². The van der Waals surface area contributed by atoms with E-state index < -0.39 is 0 Å². The molecule has 0 saturated heterocycles. The average Bonchev–Trinajstić information content (AvgIpc) is 2.90. The van der Waals surface area contributed by atoms with Crippen molar-refractivity contribution >= 4 is 11.0 Å². The van der Waals surface area contributed by atoms with Gasteiger partial charge in [-0.1, -0.05) is 18.2 Å². The van der Waals surface area contributed by atoms with Crippen molar-refractivity contribution in [2.75, 3.05) is 7.11 Å².